The van der Waals surface area contributed by atoms with E-state index in [1.165, 1.54) is 0 Å². The number of benzene rings is 1. The van der Waals surface area contributed by atoms with Crippen molar-refractivity contribution in [3.05, 3.63) is 29.8 Å². The molecule has 0 spiro atoms. The Morgan fingerprint density at radius 2 is 1.85 bits per heavy atom. The van der Waals surface area contributed by atoms with Gasteiger partial charge in [0, 0.05) is 6.54 Å². The van der Waals surface area contributed by atoms with Crippen LogP contribution in [0.25, 0.3) is 0 Å². The third kappa shape index (κ3) is 5.66. The monoisotopic (exact) mass is 332 g/mol. The molecule has 4 nitrogen and oxygen atoms in total. The zero-order valence-corrected chi connectivity index (χ0v) is 12.1. The summed E-state index contributed by atoms with van der Waals surface area (Å²) in [6.07, 6.45) is -3.38. The Bertz CT molecular complexity index is 521. The van der Waals surface area contributed by atoms with E-state index >= 15 is 0 Å². The molecule has 1 aromatic carbocycles. The minimum absolute atomic E-state index is 0. The van der Waals surface area contributed by atoms with Crippen LogP contribution in [0.3, 0.4) is 0 Å². The molecule has 0 unspecified atom stereocenters. The number of halogens is 4. The molecule has 3 N–H and O–H groups in total. The molecule has 1 aromatic rings. The molecule has 0 atom stereocenters. The molecule has 0 saturated carbocycles. The van der Waals surface area contributed by atoms with E-state index in [4.69, 9.17) is 5.73 Å². The van der Waals surface area contributed by atoms with Crippen LogP contribution in [0.4, 0.5) is 13.2 Å². The molecule has 0 bridgehead atoms. The zero-order chi connectivity index (χ0) is 14.5. The molecule has 1 rings (SSSR count). The molecule has 0 aliphatic rings. The van der Waals surface area contributed by atoms with Gasteiger partial charge in [0.05, 0.1) is 10.5 Å². The largest absolute Gasteiger partial charge is 0.416 e. The predicted molar refractivity (Wildman–Crippen MR) is 72.2 cm³/mol. The number of hydrogen-bond donors (Lipinski definition) is 2. The highest BCUT2D eigenvalue weighted by Gasteiger charge is 2.31. The molecular weight excluding hydrogens is 317 g/mol. The lowest BCUT2D eigenvalue weighted by atomic mass is 10.2. The van der Waals surface area contributed by atoms with Crippen molar-refractivity contribution in [3.63, 3.8) is 0 Å². The maximum Gasteiger partial charge on any atom is 0.416 e. The number of sulfonamides is 1. The maximum absolute atomic E-state index is 12.5. The summed E-state index contributed by atoms with van der Waals surface area (Å²) in [4.78, 5) is -0.393. The van der Waals surface area contributed by atoms with Crippen molar-refractivity contribution in [2.75, 3.05) is 13.1 Å². The van der Waals surface area contributed by atoms with Gasteiger partial charge in [-0.3, -0.25) is 0 Å². The summed E-state index contributed by atoms with van der Waals surface area (Å²) in [7, 11) is -3.91. The van der Waals surface area contributed by atoms with E-state index in [-0.39, 0.29) is 19.0 Å². The lowest BCUT2D eigenvalue weighted by Crippen LogP contribution is -2.25. The van der Waals surface area contributed by atoms with E-state index in [0.29, 0.717) is 25.5 Å². The third-order valence-corrected chi connectivity index (χ3v) is 3.85. The second-order valence-electron chi connectivity index (χ2n) is 3.92. The molecule has 0 aromatic heterocycles. The van der Waals surface area contributed by atoms with Gasteiger partial charge in [-0.25, -0.2) is 13.1 Å². The topological polar surface area (TPSA) is 72.2 Å². The fourth-order valence-electron chi connectivity index (χ4n) is 1.40. The van der Waals surface area contributed by atoms with Crippen LogP contribution in [0.1, 0.15) is 18.4 Å². The standard InChI is InChI=1S/C11H15F3N2O2S.ClH/c12-11(13,14)9-4-3-5-10(8-9)19(17,18)16-7-2-1-6-15;/h3-5,8,16H,1-2,6-7,15H2;1H. The molecule has 0 fully saturated rings. The van der Waals surface area contributed by atoms with E-state index in [9.17, 15) is 21.6 Å². The Kier molecular flexibility index (Phi) is 7.50. The number of nitrogens with one attached hydrogen (secondary N) is 1. The Morgan fingerprint density at radius 1 is 1.20 bits per heavy atom. The number of hydrogen-bond acceptors (Lipinski definition) is 3. The molecule has 0 saturated heterocycles. The van der Waals surface area contributed by atoms with Crippen LogP contribution in [0.5, 0.6) is 0 Å². The van der Waals surface area contributed by atoms with E-state index in [1.54, 1.807) is 0 Å². The summed E-state index contributed by atoms with van der Waals surface area (Å²) >= 11 is 0. The minimum atomic E-state index is -4.56. The van der Waals surface area contributed by atoms with Crippen LogP contribution in [-0.4, -0.2) is 21.5 Å². The van der Waals surface area contributed by atoms with Gasteiger partial charge in [-0.1, -0.05) is 6.07 Å². The van der Waals surface area contributed by atoms with Crippen molar-refractivity contribution in [1.82, 2.24) is 4.72 Å². The van der Waals surface area contributed by atoms with Crippen molar-refractivity contribution < 1.29 is 21.6 Å². The fraction of sp³-hybridized carbons (Fsp3) is 0.455. The molecule has 0 heterocycles. The molecule has 20 heavy (non-hydrogen) atoms. The van der Waals surface area contributed by atoms with Gasteiger partial charge in [0.25, 0.3) is 0 Å². The van der Waals surface area contributed by atoms with Gasteiger partial charge in [0.2, 0.25) is 10.0 Å². The number of rotatable bonds is 6. The first-order valence-electron chi connectivity index (χ1n) is 5.64. The van der Waals surface area contributed by atoms with Crippen LogP contribution >= 0.6 is 12.4 Å². The SMILES string of the molecule is Cl.NCCCCNS(=O)(=O)c1cccc(C(F)(F)F)c1. The Labute approximate surface area is 122 Å². The lowest BCUT2D eigenvalue weighted by Gasteiger charge is -2.10. The van der Waals surface area contributed by atoms with Crippen LogP contribution in [0.2, 0.25) is 0 Å². The van der Waals surface area contributed by atoms with Crippen LogP contribution < -0.4 is 10.5 Å². The van der Waals surface area contributed by atoms with Gasteiger partial charge < -0.3 is 5.73 Å². The summed E-state index contributed by atoms with van der Waals surface area (Å²) in [5, 5.41) is 0. The molecule has 0 radical (unpaired) electrons. The van der Waals surface area contributed by atoms with E-state index in [1.807, 2.05) is 0 Å². The Hall–Kier alpha value is -0.830. The van der Waals surface area contributed by atoms with Gasteiger partial charge in [0.1, 0.15) is 0 Å². The Balaban J connectivity index is 0.00000361. The first-order valence-corrected chi connectivity index (χ1v) is 7.12. The van der Waals surface area contributed by atoms with Crippen LogP contribution in [-0.2, 0) is 16.2 Å². The lowest BCUT2D eigenvalue weighted by molar-refractivity contribution is -0.137. The first kappa shape index (κ1) is 19.2. The second kappa shape index (κ2) is 7.82. The molecular formula is C11H16ClF3N2O2S. The smallest absolute Gasteiger partial charge is 0.330 e. The van der Waals surface area contributed by atoms with Gasteiger partial charge in [-0.15, -0.1) is 12.4 Å². The van der Waals surface area contributed by atoms with Crippen molar-refractivity contribution in [3.8, 4) is 0 Å². The summed E-state index contributed by atoms with van der Waals surface area (Å²) < 4.78 is 63.2. The van der Waals surface area contributed by atoms with Gasteiger partial charge >= 0.3 is 6.18 Å². The normalized spacial score (nSPS) is 12.0. The average molecular weight is 333 g/mol. The highest BCUT2D eigenvalue weighted by Crippen LogP contribution is 2.30. The van der Waals surface area contributed by atoms with Gasteiger partial charge in [-0.05, 0) is 37.6 Å². The van der Waals surface area contributed by atoms with E-state index < -0.39 is 26.7 Å². The van der Waals surface area contributed by atoms with Crippen molar-refractivity contribution in [1.29, 1.82) is 0 Å². The summed E-state index contributed by atoms with van der Waals surface area (Å²) in [6, 6.07) is 3.64. The summed E-state index contributed by atoms with van der Waals surface area (Å²) in [5.74, 6) is 0. The second-order valence-corrected chi connectivity index (χ2v) is 5.69. The van der Waals surface area contributed by atoms with E-state index in [2.05, 4.69) is 4.72 Å². The summed E-state index contributed by atoms with van der Waals surface area (Å²) in [6.45, 7) is 0.584. The maximum atomic E-state index is 12.5. The van der Waals surface area contributed by atoms with Crippen LogP contribution in [0.15, 0.2) is 29.2 Å². The van der Waals surface area contributed by atoms with Crippen molar-refractivity contribution >= 4 is 22.4 Å². The third-order valence-electron chi connectivity index (χ3n) is 2.39. The number of unbranched alkanes of at least 4 members (excludes halogenated alkanes) is 1. The quantitative estimate of drug-likeness (QED) is 0.784. The molecule has 9 heteroatoms. The molecule has 0 aliphatic carbocycles. The van der Waals surface area contributed by atoms with Crippen molar-refractivity contribution in [2.45, 2.75) is 23.9 Å². The Morgan fingerprint density at radius 3 is 2.40 bits per heavy atom. The van der Waals surface area contributed by atoms with E-state index in [0.717, 1.165) is 18.2 Å². The van der Waals surface area contributed by atoms with Crippen molar-refractivity contribution in [2.24, 2.45) is 5.73 Å². The average Bonchev–Trinajstić information content (AvgIpc) is 2.34. The molecule has 116 valence electrons. The highest BCUT2D eigenvalue weighted by atomic mass is 35.5. The number of nitrogens with two attached hydrogens (primary N) is 1. The fourth-order valence-corrected chi connectivity index (χ4v) is 2.52. The molecule has 0 amide bonds. The zero-order valence-electron chi connectivity index (χ0n) is 10.5. The number of alkyl halides is 3. The minimum Gasteiger partial charge on any atom is -0.330 e. The van der Waals surface area contributed by atoms with Crippen LogP contribution in [0, 0.1) is 0 Å². The van der Waals surface area contributed by atoms with Gasteiger partial charge in [0.15, 0.2) is 0 Å². The highest BCUT2D eigenvalue weighted by molar-refractivity contribution is 7.89. The van der Waals surface area contributed by atoms with Gasteiger partial charge in [-0.2, -0.15) is 13.2 Å². The molecule has 0 aliphatic heterocycles. The predicted octanol–water partition coefficient (Wildman–Crippen LogP) is 2.14. The first-order chi connectivity index (χ1) is 8.77. The summed E-state index contributed by atoms with van der Waals surface area (Å²) in [5.41, 5.74) is 4.27.